The van der Waals surface area contributed by atoms with Gasteiger partial charge >= 0.3 is 6.03 Å². The highest BCUT2D eigenvalue weighted by Gasteiger charge is 2.28. The summed E-state index contributed by atoms with van der Waals surface area (Å²) in [6.45, 7) is 1.51. The van der Waals surface area contributed by atoms with Crippen molar-refractivity contribution in [1.82, 2.24) is 10.6 Å². The second-order valence-electron chi connectivity index (χ2n) is 4.66. The zero-order chi connectivity index (χ0) is 11.4. The van der Waals surface area contributed by atoms with E-state index in [4.69, 9.17) is 9.84 Å². The maximum atomic E-state index is 11.7. The number of hydrogen-bond donors (Lipinski definition) is 3. The van der Waals surface area contributed by atoms with Gasteiger partial charge in [-0.2, -0.15) is 0 Å². The van der Waals surface area contributed by atoms with Crippen molar-refractivity contribution in [1.29, 1.82) is 0 Å². The Morgan fingerprint density at radius 3 is 2.88 bits per heavy atom. The van der Waals surface area contributed by atoms with Crippen molar-refractivity contribution >= 4 is 6.03 Å². The summed E-state index contributed by atoms with van der Waals surface area (Å²) in [5.74, 6) is 0.227. The first kappa shape index (κ1) is 11.7. The quantitative estimate of drug-likeness (QED) is 0.648. The van der Waals surface area contributed by atoms with Crippen LogP contribution in [0.1, 0.15) is 25.7 Å². The Balaban J connectivity index is 1.73. The lowest BCUT2D eigenvalue weighted by Gasteiger charge is -2.20. The van der Waals surface area contributed by atoms with Crippen LogP contribution in [0.4, 0.5) is 4.79 Å². The normalized spacial score (nSPS) is 33.9. The minimum Gasteiger partial charge on any atom is -0.396 e. The molecule has 2 aliphatic rings. The SMILES string of the molecule is O=C(NC1CCOC1)NC1CCCC1CO. The van der Waals surface area contributed by atoms with E-state index in [0.717, 1.165) is 32.3 Å². The van der Waals surface area contributed by atoms with E-state index in [2.05, 4.69) is 10.6 Å². The number of rotatable bonds is 3. The van der Waals surface area contributed by atoms with Crippen LogP contribution in [0.3, 0.4) is 0 Å². The van der Waals surface area contributed by atoms with Gasteiger partial charge in [0.25, 0.3) is 0 Å². The standard InChI is InChI=1S/C11H20N2O3/c14-6-8-2-1-3-10(8)13-11(15)12-9-4-5-16-7-9/h8-10,14H,1-7H2,(H2,12,13,15). The Morgan fingerprint density at radius 1 is 1.31 bits per heavy atom. The smallest absolute Gasteiger partial charge is 0.315 e. The lowest BCUT2D eigenvalue weighted by Crippen LogP contribution is -2.48. The first-order valence-electron chi connectivity index (χ1n) is 6.05. The fourth-order valence-electron chi connectivity index (χ4n) is 2.49. The molecule has 5 nitrogen and oxygen atoms in total. The van der Waals surface area contributed by atoms with Crippen LogP contribution in [0.25, 0.3) is 0 Å². The third kappa shape index (κ3) is 2.86. The molecular weight excluding hydrogens is 208 g/mol. The van der Waals surface area contributed by atoms with Crippen molar-refractivity contribution in [2.75, 3.05) is 19.8 Å². The number of urea groups is 1. The molecule has 5 heteroatoms. The summed E-state index contributed by atoms with van der Waals surface area (Å²) in [5, 5.41) is 15.0. The van der Waals surface area contributed by atoms with Crippen molar-refractivity contribution in [3.05, 3.63) is 0 Å². The highest BCUT2D eigenvalue weighted by Crippen LogP contribution is 2.24. The van der Waals surface area contributed by atoms with Crippen LogP contribution in [0.15, 0.2) is 0 Å². The molecule has 2 amide bonds. The van der Waals surface area contributed by atoms with Gasteiger partial charge in [0.05, 0.1) is 12.6 Å². The van der Waals surface area contributed by atoms with Gasteiger partial charge in [0.15, 0.2) is 0 Å². The largest absolute Gasteiger partial charge is 0.396 e. The summed E-state index contributed by atoms with van der Waals surface area (Å²) >= 11 is 0. The highest BCUT2D eigenvalue weighted by atomic mass is 16.5. The van der Waals surface area contributed by atoms with Crippen molar-refractivity contribution in [3.8, 4) is 0 Å². The van der Waals surface area contributed by atoms with Crippen molar-refractivity contribution < 1.29 is 14.6 Å². The molecule has 3 N–H and O–H groups in total. The Morgan fingerprint density at radius 2 is 2.19 bits per heavy atom. The van der Waals surface area contributed by atoms with E-state index >= 15 is 0 Å². The van der Waals surface area contributed by atoms with Crippen LogP contribution in [0, 0.1) is 5.92 Å². The Kier molecular flexibility index (Phi) is 4.01. The topological polar surface area (TPSA) is 70.6 Å². The summed E-state index contributed by atoms with van der Waals surface area (Å²) in [6, 6.07) is 0.155. The molecule has 1 saturated carbocycles. The number of nitrogens with one attached hydrogen (secondary N) is 2. The molecule has 92 valence electrons. The fraction of sp³-hybridized carbons (Fsp3) is 0.909. The number of amides is 2. The Labute approximate surface area is 95.5 Å². The summed E-state index contributed by atoms with van der Waals surface area (Å²) in [4.78, 5) is 11.7. The van der Waals surface area contributed by atoms with E-state index in [1.165, 1.54) is 0 Å². The number of aliphatic hydroxyl groups excluding tert-OH is 1. The second kappa shape index (κ2) is 5.50. The molecule has 3 atom stereocenters. The van der Waals surface area contributed by atoms with Crippen molar-refractivity contribution in [2.45, 2.75) is 37.8 Å². The predicted molar refractivity (Wildman–Crippen MR) is 59.1 cm³/mol. The molecule has 16 heavy (non-hydrogen) atoms. The van der Waals surface area contributed by atoms with E-state index in [0.29, 0.717) is 6.61 Å². The van der Waals surface area contributed by atoms with Crippen LogP contribution >= 0.6 is 0 Å². The van der Waals surface area contributed by atoms with E-state index in [1.54, 1.807) is 0 Å². The summed E-state index contributed by atoms with van der Waals surface area (Å²) in [6.07, 6.45) is 3.96. The number of carbonyl (C=O) groups is 1. The second-order valence-corrected chi connectivity index (χ2v) is 4.66. The van der Waals surface area contributed by atoms with Crippen LogP contribution in [0.2, 0.25) is 0 Å². The predicted octanol–water partition coefficient (Wildman–Crippen LogP) is 0.235. The van der Waals surface area contributed by atoms with Gasteiger partial charge in [-0.05, 0) is 19.3 Å². The van der Waals surface area contributed by atoms with Crippen LogP contribution in [-0.2, 0) is 4.74 Å². The van der Waals surface area contributed by atoms with Gasteiger partial charge in [-0.15, -0.1) is 0 Å². The van der Waals surface area contributed by atoms with Crippen LogP contribution < -0.4 is 10.6 Å². The van der Waals surface area contributed by atoms with Crippen molar-refractivity contribution in [3.63, 3.8) is 0 Å². The fourth-order valence-corrected chi connectivity index (χ4v) is 2.49. The van der Waals surface area contributed by atoms with Gasteiger partial charge in [-0.25, -0.2) is 4.79 Å². The lowest BCUT2D eigenvalue weighted by atomic mass is 10.1. The molecule has 3 unspecified atom stereocenters. The lowest BCUT2D eigenvalue weighted by molar-refractivity contribution is 0.184. The van der Waals surface area contributed by atoms with Crippen molar-refractivity contribution in [2.24, 2.45) is 5.92 Å². The minimum atomic E-state index is -0.124. The summed E-state index contributed by atoms with van der Waals surface area (Å²) in [5.41, 5.74) is 0. The number of hydrogen-bond acceptors (Lipinski definition) is 3. The Bertz CT molecular complexity index is 241. The van der Waals surface area contributed by atoms with Crippen LogP contribution in [-0.4, -0.2) is 43.0 Å². The molecule has 0 bridgehead atoms. The molecule has 2 fully saturated rings. The molecule has 0 aromatic carbocycles. The average molecular weight is 228 g/mol. The van der Waals surface area contributed by atoms with Gasteiger partial charge in [0.1, 0.15) is 0 Å². The number of ether oxygens (including phenoxy) is 1. The third-order valence-corrected chi connectivity index (χ3v) is 3.47. The van der Waals surface area contributed by atoms with E-state index in [-0.39, 0.29) is 30.6 Å². The molecular formula is C11H20N2O3. The average Bonchev–Trinajstić information content (AvgIpc) is 2.88. The van der Waals surface area contributed by atoms with Gasteiger partial charge in [-0.1, -0.05) is 6.42 Å². The highest BCUT2D eigenvalue weighted by molar-refractivity contribution is 5.74. The van der Waals surface area contributed by atoms with E-state index in [1.807, 2.05) is 0 Å². The maximum Gasteiger partial charge on any atom is 0.315 e. The molecule has 1 saturated heterocycles. The summed E-state index contributed by atoms with van der Waals surface area (Å²) < 4.78 is 5.19. The van der Waals surface area contributed by atoms with Gasteiger partial charge < -0.3 is 20.5 Å². The summed E-state index contributed by atoms with van der Waals surface area (Å²) in [7, 11) is 0. The zero-order valence-electron chi connectivity index (χ0n) is 9.45. The molecule has 1 aliphatic carbocycles. The maximum absolute atomic E-state index is 11.7. The van der Waals surface area contributed by atoms with Gasteiger partial charge in [0.2, 0.25) is 0 Å². The molecule has 0 spiro atoms. The van der Waals surface area contributed by atoms with E-state index < -0.39 is 0 Å². The first-order valence-corrected chi connectivity index (χ1v) is 6.05. The van der Waals surface area contributed by atoms with Crippen LogP contribution in [0.5, 0.6) is 0 Å². The number of aliphatic hydroxyl groups is 1. The number of carbonyl (C=O) groups excluding carboxylic acids is 1. The molecule has 0 aromatic heterocycles. The third-order valence-electron chi connectivity index (χ3n) is 3.47. The monoisotopic (exact) mass is 228 g/mol. The zero-order valence-corrected chi connectivity index (χ0v) is 9.45. The molecule has 0 aromatic rings. The minimum absolute atomic E-state index is 0.124. The molecule has 2 rings (SSSR count). The first-order chi connectivity index (χ1) is 7.79. The Hall–Kier alpha value is -0.810. The molecule has 1 aliphatic heterocycles. The van der Waals surface area contributed by atoms with E-state index in [9.17, 15) is 4.79 Å². The molecule has 1 heterocycles. The van der Waals surface area contributed by atoms with Gasteiger partial charge in [-0.3, -0.25) is 0 Å². The van der Waals surface area contributed by atoms with Gasteiger partial charge in [0, 0.05) is 25.2 Å². The molecule has 0 radical (unpaired) electrons.